The fraction of sp³-hybridized carbons (Fsp3) is 0.429. The molecule has 1 aliphatic rings. The topological polar surface area (TPSA) is 45.2 Å². The highest BCUT2D eigenvalue weighted by molar-refractivity contribution is 7.16. The molecule has 1 aliphatic heterocycles. The summed E-state index contributed by atoms with van der Waals surface area (Å²) in [6.45, 7) is 0.248. The number of piperidine rings is 1. The van der Waals surface area contributed by atoms with Crippen molar-refractivity contribution in [1.29, 1.82) is 0 Å². The van der Waals surface area contributed by atoms with Crippen molar-refractivity contribution in [3.05, 3.63) is 23.7 Å². The minimum absolute atomic E-state index is 0.0369. The van der Waals surface area contributed by atoms with Gasteiger partial charge in [0.05, 0.1) is 21.6 Å². The number of hydrogen-bond acceptors (Lipinski definition) is 3. The third kappa shape index (κ3) is 3.16. The van der Waals surface area contributed by atoms with Crippen LogP contribution in [0.25, 0.3) is 10.2 Å². The van der Waals surface area contributed by atoms with Crippen LogP contribution in [0.1, 0.15) is 12.8 Å². The van der Waals surface area contributed by atoms with Crippen LogP contribution < -0.4 is 5.32 Å². The molecule has 0 unspecified atom stereocenters. The summed E-state index contributed by atoms with van der Waals surface area (Å²) in [6, 6.07) is 5.00. The van der Waals surface area contributed by atoms with E-state index in [0.717, 1.165) is 10.2 Å². The Morgan fingerprint density at radius 3 is 2.73 bits per heavy atom. The molecule has 22 heavy (non-hydrogen) atoms. The molecule has 0 bridgehead atoms. The van der Waals surface area contributed by atoms with Crippen LogP contribution in [0.2, 0.25) is 0 Å². The van der Waals surface area contributed by atoms with Crippen LogP contribution in [0, 0.1) is 5.92 Å². The summed E-state index contributed by atoms with van der Waals surface area (Å²) in [5, 5.41) is 2.73. The number of thiazole rings is 1. The second-order valence-electron chi connectivity index (χ2n) is 5.27. The molecule has 0 radical (unpaired) electrons. The predicted octanol–water partition coefficient (Wildman–Crippen LogP) is 4.10. The van der Waals surface area contributed by atoms with E-state index in [0.29, 0.717) is 5.69 Å². The van der Waals surface area contributed by atoms with E-state index in [-0.39, 0.29) is 32.0 Å². The van der Waals surface area contributed by atoms with Gasteiger partial charge in [0.2, 0.25) is 0 Å². The number of alkyl halides is 3. The smallest absolute Gasteiger partial charge is 0.325 e. The average molecular weight is 329 g/mol. The maximum atomic E-state index is 12.6. The lowest BCUT2D eigenvalue weighted by Crippen LogP contribution is -2.43. The molecule has 1 fully saturated rings. The predicted molar refractivity (Wildman–Crippen MR) is 79.0 cm³/mol. The first-order chi connectivity index (χ1) is 10.4. The summed E-state index contributed by atoms with van der Waals surface area (Å²) in [4.78, 5) is 17.7. The molecule has 3 rings (SSSR count). The molecule has 2 aromatic rings. The molecule has 2 amide bonds. The lowest BCUT2D eigenvalue weighted by Gasteiger charge is -2.32. The van der Waals surface area contributed by atoms with Crippen molar-refractivity contribution in [2.24, 2.45) is 5.92 Å². The van der Waals surface area contributed by atoms with Crippen LogP contribution in [-0.2, 0) is 0 Å². The average Bonchev–Trinajstić information content (AvgIpc) is 2.94. The maximum Gasteiger partial charge on any atom is 0.391 e. The van der Waals surface area contributed by atoms with E-state index in [2.05, 4.69) is 10.3 Å². The molecule has 1 saturated heterocycles. The summed E-state index contributed by atoms with van der Waals surface area (Å²) >= 11 is 1.47. The Morgan fingerprint density at radius 1 is 1.32 bits per heavy atom. The van der Waals surface area contributed by atoms with E-state index < -0.39 is 12.1 Å². The Balaban J connectivity index is 1.60. The van der Waals surface area contributed by atoms with Gasteiger partial charge in [-0.05, 0) is 31.0 Å². The molecule has 1 N–H and O–H groups in total. The standard InChI is InChI=1S/C14H14F3N3OS/c15-14(16,17)9-3-5-20(6-4-9)13(21)19-10-1-2-11-12(7-10)22-8-18-11/h1-2,7-9H,3-6H2,(H,19,21). The molecule has 118 valence electrons. The van der Waals surface area contributed by atoms with E-state index in [4.69, 9.17) is 0 Å². The van der Waals surface area contributed by atoms with E-state index in [1.54, 1.807) is 17.6 Å². The minimum atomic E-state index is -4.17. The number of benzene rings is 1. The van der Waals surface area contributed by atoms with Gasteiger partial charge in [-0.25, -0.2) is 9.78 Å². The largest absolute Gasteiger partial charge is 0.391 e. The van der Waals surface area contributed by atoms with Crippen LogP contribution in [0.3, 0.4) is 0 Å². The van der Waals surface area contributed by atoms with Gasteiger partial charge in [0, 0.05) is 18.8 Å². The molecule has 2 heterocycles. The number of nitrogens with one attached hydrogen (secondary N) is 1. The number of rotatable bonds is 1. The number of nitrogens with zero attached hydrogens (tertiary/aromatic N) is 2. The first kappa shape index (κ1) is 15.1. The first-order valence-corrected chi connectivity index (χ1v) is 7.77. The summed E-state index contributed by atoms with van der Waals surface area (Å²) in [6.07, 6.45) is -4.24. The SMILES string of the molecule is O=C(Nc1ccc2ncsc2c1)N1CCC(C(F)(F)F)CC1. The zero-order chi connectivity index (χ0) is 15.7. The third-order valence-corrected chi connectivity index (χ3v) is 4.62. The van der Waals surface area contributed by atoms with Crippen molar-refractivity contribution in [3.63, 3.8) is 0 Å². The number of urea groups is 1. The van der Waals surface area contributed by atoms with Crippen LogP contribution >= 0.6 is 11.3 Å². The number of carbonyl (C=O) groups excluding carboxylic acids is 1. The van der Waals surface area contributed by atoms with E-state index in [9.17, 15) is 18.0 Å². The monoisotopic (exact) mass is 329 g/mol. The number of likely N-dealkylation sites (tertiary alicyclic amines) is 1. The molecule has 8 heteroatoms. The highest BCUT2D eigenvalue weighted by Crippen LogP contribution is 2.34. The van der Waals surface area contributed by atoms with Gasteiger partial charge < -0.3 is 10.2 Å². The number of amides is 2. The number of fused-ring (bicyclic) bond motifs is 1. The number of halogens is 3. The Morgan fingerprint density at radius 2 is 2.05 bits per heavy atom. The highest BCUT2D eigenvalue weighted by Gasteiger charge is 2.41. The maximum absolute atomic E-state index is 12.6. The Labute approximate surface area is 128 Å². The van der Waals surface area contributed by atoms with Gasteiger partial charge in [-0.3, -0.25) is 0 Å². The van der Waals surface area contributed by atoms with Gasteiger partial charge in [0.25, 0.3) is 0 Å². The number of carbonyl (C=O) groups is 1. The zero-order valence-electron chi connectivity index (χ0n) is 11.6. The van der Waals surface area contributed by atoms with Gasteiger partial charge in [0.15, 0.2) is 0 Å². The summed E-state index contributed by atoms with van der Waals surface area (Å²) < 4.78 is 38.8. The molecule has 0 spiro atoms. The molecule has 0 atom stereocenters. The second kappa shape index (κ2) is 5.75. The molecular weight excluding hydrogens is 315 g/mol. The van der Waals surface area contributed by atoms with E-state index >= 15 is 0 Å². The number of aromatic nitrogens is 1. The Hall–Kier alpha value is -1.83. The first-order valence-electron chi connectivity index (χ1n) is 6.89. The van der Waals surface area contributed by atoms with Gasteiger partial charge in [-0.2, -0.15) is 13.2 Å². The van der Waals surface area contributed by atoms with Crippen molar-refractivity contribution in [2.75, 3.05) is 18.4 Å². The van der Waals surface area contributed by atoms with Crippen molar-refractivity contribution in [1.82, 2.24) is 9.88 Å². The normalized spacial score (nSPS) is 17.0. The van der Waals surface area contributed by atoms with Gasteiger partial charge >= 0.3 is 12.2 Å². The zero-order valence-corrected chi connectivity index (χ0v) is 12.4. The molecule has 1 aromatic heterocycles. The van der Waals surface area contributed by atoms with E-state index in [1.165, 1.54) is 16.2 Å². The highest BCUT2D eigenvalue weighted by atomic mass is 32.1. The van der Waals surface area contributed by atoms with Crippen molar-refractivity contribution < 1.29 is 18.0 Å². The lowest BCUT2D eigenvalue weighted by atomic mass is 9.96. The number of hydrogen-bond donors (Lipinski definition) is 1. The number of anilines is 1. The third-order valence-electron chi connectivity index (χ3n) is 3.83. The minimum Gasteiger partial charge on any atom is -0.325 e. The van der Waals surface area contributed by atoms with Crippen molar-refractivity contribution in [3.8, 4) is 0 Å². The summed E-state index contributed by atoms with van der Waals surface area (Å²) in [5.41, 5.74) is 3.20. The fourth-order valence-corrected chi connectivity index (χ4v) is 3.26. The quantitative estimate of drug-likeness (QED) is 0.856. The van der Waals surface area contributed by atoms with Crippen LogP contribution in [0.15, 0.2) is 23.7 Å². The fourth-order valence-electron chi connectivity index (χ4n) is 2.55. The molecule has 0 saturated carbocycles. The van der Waals surface area contributed by atoms with E-state index in [1.807, 2.05) is 6.07 Å². The van der Waals surface area contributed by atoms with Crippen molar-refractivity contribution in [2.45, 2.75) is 19.0 Å². The second-order valence-corrected chi connectivity index (χ2v) is 6.15. The van der Waals surface area contributed by atoms with Gasteiger partial charge in [-0.1, -0.05) is 0 Å². The Bertz CT molecular complexity index is 677. The summed E-state index contributed by atoms with van der Waals surface area (Å²) in [5.74, 6) is -1.30. The van der Waals surface area contributed by atoms with Gasteiger partial charge in [-0.15, -0.1) is 11.3 Å². The Kier molecular flexibility index (Phi) is 3.94. The van der Waals surface area contributed by atoms with Crippen LogP contribution in [0.4, 0.5) is 23.7 Å². The van der Waals surface area contributed by atoms with Crippen molar-refractivity contribution >= 4 is 33.3 Å². The van der Waals surface area contributed by atoms with Gasteiger partial charge in [0.1, 0.15) is 0 Å². The molecular formula is C14H14F3N3OS. The summed E-state index contributed by atoms with van der Waals surface area (Å²) in [7, 11) is 0. The molecule has 4 nitrogen and oxygen atoms in total. The van der Waals surface area contributed by atoms with Crippen LogP contribution in [-0.4, -0.2) is 35.2 Å². The van der Waals surface area contributed by atoms with Crippen LogP contribution in [0.5, 0.6) is 0 Å². The lowest BCUT2D eigenvalue weighted by molar-refractivity contribution is -0.183. The molecule has 1 aromatic carbocycles. The molecule has 0 aliphatic carbocycles.